The zero-order valence-corrected chi connectivity index (χ0v) is 13.2. The van der Waals surface area contributed by atoms with Crippen molar-refractivity contribution in [3.63, 3.8) is 0 Å². The maximum atomic E-state index is 5.72. The van der Waals surface area contributed by atoms with Gasteiger partial charge in [0, 0.05) is 25.6 Å². The molecule has 0 aromatic heterocycles. The maximum absolute atomic E-state index is 5.72. The van der Waals surface area contributed by atoms with E-state index in [1.807, 2.05) is 12.1 Å². The molecule has 0 aliphatic rings. The molecule has 0 spiro atoms. The maximum Gasteiger partial charge on any atom is 0.0742 e. The van der Waals surface area contributed by atoms with Crippen LogP contribution in [0.3, 0.4) is 0 Å². The van der Waals surface area contributed by atoms with Gasteiger partial charge in [-0.05, 0) is 18.1 Å². The summed E-state index contributed by atoms with van der Waals surface area (Å²) in [6.07, 6.45) is 0.745. The standard InChI is InChI=1S/C18H22N2S/c1-15(12-18(19)21)20(13-16-8-4-2-5-9-16)14-17-10-6-3-7-11-17/h2-11,15H,12-14H2,1H3,(H2,19,21). The zero-order valence-electron chi connectivity index (χ0n) is 12.4. The van der Waals surface area contributed by atoms with Gasteiger partial charge in [0.15, 0.2) is 0 Å². The van der Waals surface area contributed by atoms with Gasteiger partial charge in [0.2, 0.25) is 0 Å². The molecule has 0 amide bonds. The lowest BCUT2D eigenvalue weighted by atomic mass is 10.1. The average molecular weight is 298 g/mol. The number of nitrogens with two attached hydrogens (primary N) is 1. The second-order valence-corrected chi connectivity index (χ2v) is 5.92. The van der Waals surface area contributed by atoms with E-state index in [4.69, 9.17) is 18.0 Å². The first kappa shape index (κ1) is 15.7. The molecule has 1 unspecified atom stereocenters. The van der Waals surface area contributed by atoms with Gasteiger partial charge in [0.1, 0.15) is 0 Å². The third kappa shape index (κ3) is 5.29. The number of nitrogens with zero attached hydrogens (tertiary/aromatic N) is 1. The van der Waals surface area contributed by atoms with Crippen LogP contribution in [0.5, 0.6) is 0 Å². The lowest BCUT2D eigenvalue weighted by Crippen LogP contribution is -2.35. The lowest BCUT2D eigenvalue weighted by molar-refractivity contribution is 0.195. The molecule has 0 heterocycles. The molecule has 3 heteroatoms. The molecule has 0 radical (unpaired) electrons. The number of hydrogen-bond acceptors (Lipinski definition) is 2. The van der Waals surface area contributed by atoms with Gasteiger partial charge >= 0.3 is 0 Å². The monoisotopic (exact) mass is 298 g/mol. The number of hydrogen-bond donors (Lipinski definition) is 1. The van der Waals surface area contributed by atoms with Crippen molar-refractivity contribution in [3.05, 3.63) is 71.8 Å². The van der Waals surface area contributed by atoms with Crippen LogP contribution in [0.15, 0.2) is 60.7 Å². The van der Waals surface area contributed by atoms with E-state index in [1.54, 1.807) is 0 Å². The third-order valence-corrected chi connectivity index (χ3v) is 3.74. The number of benzene rings is 2. The van der Waals surface area contributed by atoms with Crippen LogP contribution in [-0.4, -0.2) is 15.9 Å². The SMILES string of the molecule is CC(CC(N)=S)N(Cc1ccccc1)Cc1ccccc1. The van der Waals surface area contributed by atoms with Gasteiger partial charge in [-0.3, -0.25) is 4.90 Å². The first-order valence-corrected chi connectivity index (χ1v) is 7.66. The summed E-state index contributed by atoms with van der Waals surface area (Å²) in [6.45, 7) is 3.99. The molecule has 0 saturated carbocycles. The molecule has 0 aliphatic carbocycles. The summed E-state index contributed by atoms with van der Waals surface area (Å²) < 4.78 is 0. The van der Waals surface area contributed by atoms with Crippen molar-refractivity contribution in [1.29, 1.82) is 0 Å². The summed E-state index contributed by atoms with van der Waals surface area (Å²) in [5.74, 6) is 0. The zero-order chi connectivity index (χ0) is 15.1. The Bertz CT molecular complexity index is 512. The molecule has 0 bridgehead atoms. The van der Waals surface area contributed by atoms with Gasteiger partial charge in [0.05, 0.1) is 4.99 Å². The fraction of sp³-hybridized carbons (Fsp3) is 0.278. The van der Waals surface area contributed by atoms with E-state index in [0.29, 0.717) is 11.0 Å². The average Bonchev–Trinajstić information content (AvgIpc) is 2.48. The van der Waals surface area contributed by atoms with Crippen LogP contribution in [-0.2, 0) is 13.1 Å². The van der Waals surface area contributed by atoms with Gasteiger partial charge in [-0.25, -0.2) is 0 Å². The van der Waals surface area contributed by atoms with Crippen LogP contribution in [0.2, 0.25) is 0 Å². The van der Waals surface area contributed by atoms with Crippen molar-refractivity contribution in [1.82, 2.24) is 4.90 Å². The van der Waals surface area contributed by atoms with Crippen LogP contribution < -0.4 is 5.73 Å². The van der Waals surface area contributed by atoms with E-state index < -0.39 is 0 Å². The molecule has 0 aliphatic heterocycles. The highest BCUT2D eigenvalue weighted by Crippen LogP contribution is 2.15. The molecule has 21 heavy (non-hydrogen) atoms. The number of thiocarbonyl (C=S) groups is 1. The van der Waals surface area contributed by atoms with Crippen molar-refractivity contribution in [2.24, 2.45) is 5.73 Å². The Balaban J connectivity index is 2.11. The van der Waals surface area contributed by atoms with E-state index in [1.165, 1.54) is 11.1 Å². The highest BCUT2D eigenvalue weighted by Gasteiger charge is 2.15. The summed E-state index contributed by atoms with van der Waals surface area (Å²) in [6, 6.07) is 21.4. The van der Waals surface area contributed by atoms with Crippen molar-refractivity contribution in [2.45, 2.75) is 32.5 Å². The quantitative estimate of drug-likeness (QED) is 0.789. The van der Waals surface area contributed by atoms with Gasteiger partial charge in [-0.15, -0.1) is 0 Å². The Hall–Kier alpha value is -1.71. The largest absolute Gasteiger partial charge is 0.393 e. The molecule has 2 nitrogen and oxygen atoms in total. The van der Waals surface area contributed by atoms with Crippen molar-refractivity contribution < 1.29 is 0 Å². The molecule has 2 aromatic rings. The van der Waals surface area contributed by atoms with E-state index in [-0.39, 0.29) is 0 Å². The summed E-state index contributed by atoms with van der Waals surface area (Å²) in [4.78, 5) is 3.00. The van der Waals surface area contributed by atoms with Crippen LogP contribution in [0.4, 0.5) is 0 Å². The van der Waals surface area contributed by atoms with E-state index >= 15 is 0 Å². The van der Waals surface area contributed by atoms with Gasteiger partial charge in [-0.1, -0.05) is 72.9 Å². The van der Waals surface area contributed by atoms with Crippen LogP contribution >= 0.6 is 12.2 Å². The predicted molar refractivity (Wildman–Crippen MR) is 93.0 cm³/mol. The molecular formula is C18H22N2S. The topological polar surface area (TPSA) is 29.3 Å². The summed E-state index contributed by atoms with van der Waals surface area (Å²) in [5.41, 5.74) is 8.34. The minimum Gasteiger partial charge on any atom is -0.393 e. The molecule has 2 rings (SSSR count). The Morgan fingerprint density at radius 3 is 1.76 bits per heavy atom. The summed E-state index contributed by atoms with van der Waals surface area (Å²) in [5, 5.41) is 0. The lowest BCUT2D eigenvalue weighted by Gasteiger charge is -2.29. The fourth-order valence-electron chi connectivity index (χ4n) is 2.42. The third-order valence-electron chi connectivity index (χ3n) is 3.58. The second kappa shape index (κ2) is 7.91. The van der Waals surface area contributed by atoms with Crippen molar-refractivity contribution in [3.8, 4) is 0 Å². The normalized spacial score (nSPS) is 12.3. The number of rotatable bonds is 7. The van der Waals surface area contributed by atoms with Crippen molar-refractivity contribution in [2.75, 3.05) is 0 Å². The highest BCUT2D eigenvalue weighted by atomic mass is 32.1. The Morgan fingerprint density at radius 1 is 0.952 bits per heavy atom. The Labute approximate surface area is 132 Å². The summed E-state index contributed by atoms with van der Waals surface area (Å²) >= 11 is 5.07. The molecule has 2 N–H and O–H groups in total. The van der Waals surface area contributed by atoms with Gasteiger partial charge < -0.3 is 5.73 Å². The van der Waals surface area contributed by atoms with Gasteiger partial charge in [-0.2, -0.15) is 0 Å². The molecule has 0 saturated heterocycles. The van der Waals surface area contributed by atoms with E-state index in [0.717, 1.165) is 19.5 Å². The first-order valence-electron chi connectivity index (χ1n) is 7.25. The molecular weight excluding hydrogens is 276 g/mol. The molecule has 0 fully saturated rings. The molecule has 1 atom stereocenters. The van der Waals surface area contributed by atoms with Gasteiger partial charge in [0.25, 0.3) is 0 Å². The molecule has 2 aromatic carbocycles. The minimum atomic E-state index is 0.322. The Kier molecular flexibility index (Phi) is 5.90. The summed E-state index contributed by atoms with van der Waals surface area (Å²) in [7, 11) is 0. The van der Waals surface area contributed by atoms with Crippen LogP contribution in [0, 0.1) is 0 Å². The highest BCUT2D eigenvalue weighted by molar-refractivity contribution is 7.80. The Morgan fingerprint density at radius 2 is 1.38 bits per heavy atom. The first-order chi connectivity index (χ1) is 10.1. The second-order valence-electron chi connectivity index (χ2n) is 5.40. The van der Waals surface area contributed by atoms with E-state index in [9.17, 15) is 0 Å². The predicted octanol–water partition coefficient (Wildman–Crippen LogP) is 3.75. The molecule has 110 valence electrons. The van der Waals surface area contributed by atoms with Crippen LogP contribution in [0.25, 0.3) is 0 Å². The van der Waals surface area contributed by atoms with E-state index in [2.05, 4.69) is 60.4 Å². The van der Waals surface area contributed by atoms with Crippen LogP contribution in [0.1, 0.15) is 24.5 Å². The fourth-order valence-corrected chi connectivity index (χ4v) is 2.66. The smallest absolute Gasteiger partial charge is 0.0742 e. The minimum absolute atomic E-state index is 0.322. The van der Waals surface area contributed by atoms with Crippen molar-refractivity contribution >= 4 is 17.2 Å².